The Kier molecular flexibility index (Phi) is 8.05. The lowest BCUT2D eigenvalue weighted by atomic mass is 10.1. The Morgan fingerprint density at radius 2 is 2.04 bits per heavy atom. The summed E-state index contributed by atoms with van der Waals surface area (Å²) in [5.74, 6) is 0.793. The average molecular weight is 482 g/mol. The number of aryl methyl sites for hydroxylation is 1. The number of benzene rings is 1. The van der Waals surface area contributed by atoms with E-state index in [4.69, 9.17) is 0 Å². The predicted octanol–water partition coefficient (Wildman–Crippen LogP) is 3.16. The Labute approximate surface area is 174 Å². The first kappa shape index (κ1) is 20.4. The van der Waals surface area contributed by atoms with Gasteiger partial charge in [-0.15, -0.1) is 35.3 Å². The molecule has 0 amide bonds. The number of rotatable bonds is 6. The zero-order valence-electron chi connectivity index (χ0n) is 14.8. The van der Waals surface area contributed by atoms with Crippen LogP contribution in [0.5, 0.6) is 0 Å². The molecule has 26 heavy (non-hydrogen) atoms. The zero-order valence-corrected chi connectivity index (χ0v) is 18.0. The van der Waals surface area contributed by atoms with E-state index >= 15 is 0 Å². The third-order valence-corrected chi connectivity index (χ3v) is 4.62. The Balaban J connectivity index is 0.00000243. The molecule has 3 aromatic rings. The number of aromatic nitrogens is 3. The third-order valence-electron chi connectivity index (χ3n) is 3.71. The number of nitrogens with zero attached hydrogens (tertiary/aromatic N) is 4. The van der Waals surface area contributed by atoms with Crippen molar-refractivity contribution in [2.75, 3.05) is 13.6 Å². The maximum absolute atomic E-state index is 4.35. The molecule has 0 aliphatic heterocycles. The summed E-state index contributed by atoms with van der Waals surface area (Å²) in [5, 5.41) is 11.9. The smallest absolute Gasteiger partial charge is 0.191 e. The second-order valence-electron chi connectivity index (χ2n) is 5.58. The van der Waals surface area contributed by atoms with E-state index in [1.54, 1.807) is 24.6 Å². The second-order valence-corrected chi connectivity index (χ2v) is 6.90. The lowest BCUT2D eigenvalue weighted by molar-refractivity contribution is 0.791. The van der Waals surface area contributed by atoms with Gasteiger partial charge in [0.25, 0.3) is 0 Å². The van der Waals surface area contributed by atoms with E-state index in [-0.39, 0.29) is 24.0 Å². The standard InChI is InChI=1S/C18H22N6S.HI/c1-14-12-21-17(25-14)13-22-18(19-2)20-10-8-15-4-6-16(7-5-15)24-11-3-9-23-24;/h3-7,9,11-12H,8,10,13H2,1-2H3,(H2,19,20,22);1H. The Bertz CT molecular complexity index is 811. The Hall–Kier alpha value is -1.94. The van der Waals surface area contributed by atoms with Gasteiger partial charge in [-0.3, -0.25) is 4.99 Å². The van der Waals surface area contributed by atoms with Crippen molar-refractivity contribution in [3.05, 3.63) is 64.4 Å². The number of guanidine groups is 1. The molecule has 0 saturated heterocycles. The summed E-state index contributed by atoms with van der Waals surface area (Å²) in [7, 11) is 1.78. The van der Waals surface area contributed by atoms with Crippen LogP contribution in [0.15, 0.2) is 53.9 Å². The number of hydrogen-bond acceptors (Lipinski definition) is 4. The van der Waals surface area contributed by atoms with Crippen LogP contribution >= 0.6 is 35.3 Å². The van der Waals surface area contributed by atoms with Gasteiger partial charge in [-0.05, 0) is 37.1 Å². The molecule has 138 valence electrons. The molecule has 0 fully saturated rings. The van der Waals surface area contributed by atoms with Crippen molar-refractivity contribution in [2.24, 2.45) is 4.99 Å². The minimum atomic E-state index is 0. The molecule has 1 aromatic carbocycles. The summed E-state index contributed by atoms with van der Waals surface area (Å²) >= 11 is 1.70. The van der Waals surface area contributed by atoms with Crippen LogP contribution in [0.2, 0.25) is 0 Å². The summed E-state index contributed by atoms with van der Waals surface area (Å²) in [4.78, 5) is 9.81. The highest BCUT2D eigenvalue weighted by molar-refractivity contribution is 14.0. The SMILES string of the molecule is CN=C(NCCc1ccc(-n2cccn2)cc1)NCc1ncc(C)s1.I. The fraction of sp³-hybridized carbons (Fsp3) is 0.278. The normalized spacial score (nSPS) is 11.1. The fourth-order valence-corrected chi connectivity index (χ4v) is 3.15. The third kappa shape index (κ3) is 5.80. The van der Waals surface area contributed by atoms with E-state index in [1.165, 1.54) is 10.4 Å². The topological polar surface area (TPSA) is 67.1 Å². The molecule has 0 bridgehead atoms. The molecule has 6 nitrogen and oxygen atoms in total. The molecular weight excluding hydrogens is 459 g/mol. The van der Waals surface area contributed by atoms with Crippen molar-refractivity contribution < 1.29 is 0 Å². The van der Waals surface area contributed by atoms with Crippen LogP contribution < -0.4 is 10.6 Å². The zero-order chi connectivity index (χ0) is 17.5. The molecule has 0 aliphatic carbocycles. The van der Waals surface area contributed by atoms with Gasteiger partial charge in [0.15, 0.2) is 5.96 Å². The van der Waals surface area contributed by atoms with E-state index in [0.717, 1.165) is 29.6 Å². The predicted molar refractivity (Wildman–Crippen MR) is 118 cm³/mol. The van der Waals surface area contributed by atoms with E-state index in [1.807, 2.05) is 23.1 Å². The first-order chi connectivity index (χ1) is 12.2. The quantitative estimate of drug-likeness (QED) is 0.322. The van der Waals surface area contributed by atoms with E-state index in [9.17, 15) is 0 Å². The molecular formula is C18H23IN6S. The van der Waals surface area contributed by atoms with Crippen molar-refractivity contribution in [2.45, 2.75) is 19.9 Å². The molecule has 3 rings (SSSR count). The van der Waals surface area contributed by atoms with Gasteiger partial charge in [0, 0.05) is 37.1 Å². The van der Waals surface area contributed by atoms with Crippen molar-refractivity contribution in [3.8, 4) is 5.69 Å². The summed E-state index contributed by atoms with van der Waals surface area (Å²) in [6.07, 6.45) is 6.54. The number of nitrogens with one attached hydrogen (secondary N) is 2. The van der Waals surface area contributed by atoms with E-state index in [0.29, 0.717) is 6.54 Å². The van der Waals surface area contributed by atoms with Crippen molar-refractivity contribution in [3.63, 3.8) is 0 Å². The first-order valence-corrected chi connectivity index (χ1v) is 9.01. The van der Waals surface area contributed by atoms with Gasteiger partial charge in [0.2, 0.25) is 0 Å². The highest BCUT2D eigenvalue weighted by Gasteiger charge is 2.02. The number of hydrogen-bond donors (Lipinski definition) is 2. The van der Waals surface area contributed by atoms with E-state index in [2.05, 4.69) is 56.9 Å². The Morgan fingerprint density at radius 1 is 1.23 bits per heavy atom. The van der Waals surface area contributed by atoms with Gasteiger partial charge in [-0.25, -0.2) is 9.67 Å². The molecule has 0 saturated carbocycles. The monoisotopic (exact) mass is 482 g/mol. The maximum atomic E-state index is 4.35. The molecule has 0 atom stereocenters. The molecule has 0 spiro atoms. The molecule has 2 aromatic heterocycles. The lowest BCUT2D eigenvalue weighted by Gasteiger charge is -2.11. The molecule has 0 unspecified atom stereocenters. The van der Waals surface area contributed by atoms with Gasteiger partial charge in [0.1, 0.15) is 5.01 Å². The highest BCUT2D eigenvalue weighted by atomic mass is 127. The lowest BCUT2D eigenvalue weighted by Crippen LogP contribution is -2.37. The van der Waals surface area contributed by atoms with Gasteiger partial charge in [-0.1, -0.05) is 12.1 Å². The minimum absolute atomic E-state index is 0. The Morgan fingerprint density at radius 3 is 2.65 bits per heavy atom. The van der Waals surface area contributed by atoms with Gasteiger partial charge >= 0.3 is 0 Å². The van der Waals surface area contributed by atoms with Crippen LogP contribution in [-0.2, 0) is 13.0 Å². The van der Waals surface area contributed by atoms with Crippen LogP contribution in [0, 0.1) is 6.92 Å². The number of thiazole rings is 1. The first-order valence-electron chi connectivity index (χ1n) is 8.19. The van der Waals surface area contributed by atoms with Gasteiger partial charge in [-0.2, -0.15) is 5.10 Å². The number of halogens is 1. The van der Waals surface area contributed by atoms with Crippen LogP contribution in [0.1, 0.15) is 15.4 Å². The van der Waals surface area contributed by atoms with Crippen LogP contribution in [0.25, 0.3) is 5.69 Å². The number of aliphatic imine (C=N–C) groups is 1. The van der Waals surface area contributed by atoms with E-state index < -0.39 is 0 Å². The summed E-state index contributed by atoms with van der Waals surface area (Å²) < 4.78 is 1.86. The summed E-state index contributed by atoms with van der Waals surface area (Å²) in [5.41, 5.74) is 2.34. The largest absolute Gasteiger partial charge is 0.356 e. The van der Waals surface area contributed by atoms with Crippen LogP contribution in [0.3, 0.4) is 0 Å². The second kappa shape index (κ2) is 10.3. The molecule has 8 heteroatoms. The molecule has 2 N–H and O–H groups in total. The van der Waals surface area contributed by atoms with Gasteiger partial charge < -0.3 is 10.6 Å². The minimum Gasteiger partial charge on any atom is -0.356 e. The highest BCUT2D eigenvalue weighted by Crippen LogP contribution is 2.10. The van der Waals surface area contributed by atoms with Gasteiger partial charge in [0.05, 0.1) is 12.2 Å². The van der Waals surface area contributed by atoms with Crippen molar-refractivity contribution >= 4 is 41.3 Å². The van der Waals surface area contributed by atoms with Crippen molar-refractivity contribution in [1.82, 2.24) is 25.4 Å². The summed E-state index contributed by atoms with van der Waals surface area (Å²) in [6.45, 7) is 3.57. The van der Waals surface area contributed by atoms with Crippen molar-refractivity contribution in [1.29, 1.82) is 0 Å². The maximum Gasteiger partial charge on any atom is 0.191 e. The van der Waals surface area contributed by atoms with Crippen LogP contribution in [-0.4, -0.2) is 34.3 Å². The van der Waals surface area contributed by atoms with Crippen LogP contribution in [0.4, 0.5) is 0 Å². The molecule has 2 heterocycles. The fourth-order valence-electron chi connectivity index (χ4n) is 2.43. The average Bonchev–Trinajstić information content (AvgIpc) is 3.30. The molecule has 0 radical (unpaired) electrons. The summed E-state index contributed by atoms with van der Waals surface area (Å²) in [6, 6.07) is 10.4. The molecule has 0 aliphatic rings.